The number of alkyl halides is 3. The Kier molecular flexibility index (Phi) is 3.26. The summed E-state index contributed by atoms with van der Waals surface area (Å²) in [4.78, 5) is 13.0. The third-order valence-corrected chi connectivity index (χ3v) is 2.79. The van der Waals surface area contributed by atoms with Gasteiger partial charge in [0.1, 0.15) is 11.9 Å². The quantitative estimate of drug-likeness (QED) is 0.735. The Bertz CT molecular complexity index is 525. The summed E-state index contributed by atoms with van der Waals surface area (Å²) < 4.78 is 43.2. The van der Waals surface area contributed by atoms with Crippen LogP contribution in [0, 0.1) is 0 Å². The second kappa shape index (κ2) is 4.60. The number of nitrogens with zero attached hydrogens (tertiary/aromatic N) is 1. The molecule has 102 valence electrons. The van der Waals surface area contributed by atoms with E-state index in [1.807, 2.05) is 0 Å². The van der Waals surface area contributed by atoms with E-state index in [9.17, 15) is 18.0 Å². The molecule has 0 N–H and O–H groups in total. The van der Waals surface area contributed by atoms with Gasteiger partial charge in [0.2, 0.25) is 0 Å². The Morgan fingerprint density at radius 1 is 1.53 bits per heavy atom. The van der Waals surface area contributed by atoms with Crippen LogP contribution in [0.2, 0.25) is 0 Å². The van der Waals surface area contributed by atoms with Crippen LogP contribution in [-0.4, -0.2) is 18.6 Å². The molecule has 0 aliphatic carbocycles. The number of benzene rings is 1. The van der Waals surface area contributed by atoms with Crippen LogP contribution in [-0.2, 0) is 11.0 Å². The van der Waals surface area contributed by atoms with Gasteiger partial charge in [-0.2, -0.15) is 13.2 Å². The first-order valence-corrected chi connectivity index (χ1v) is 5.64. The number of carbonyl (C=O) groups is 1. The van der Waals surface area contributed by atoms with E-state index in [2.05, 4.69) is 6.58 Å². The first-order chi connectivity index (χ1) is 8.82. The van der Waals surface area contributed by atoms with E-state index >= 15 is 0 Å². The van der Waals surface area contributed by atoms with Crippen molar-refractivity contribution in [3.8, 4) is 5.75 Å². The number of anilines is 1. The molecule has 1 atom stereocenters. The van der Waals surface area contributed by atoms with Crippen molar-refractivity contribution in [3.05, 3.63) is 36.4 Å². The molecule has 0 saturated carbocycles. The van der Waals surface area contributed by atoms with Crippen molar-refractivity contribution in [1.82, 2.24) is 0 Å². The van der Waals surface area contributed by atoms with Gasteiger partial charge in [0.05, 0.1) is 17.8 Å². The van der Waals surface area contributed by atoms with Gasteiger partial charge in [0.15, 0.2) is 0 Å². The number of hydrogen-bond donors (Lipinski definition) is 0. The average Bonchev–Trinajstić information content (AvgIpc) is 2.34. The van der Waals surface area contributed by atoms with Gasteiger partial charge in [-0.05, 0) is 31.2 Å². The van der Waals surface area contributed by atoms with Crippen LogP contribution < -0.4 is 9.64 Å². The van der Waals surface area contributed by atoms with Crippen molar-refractivity contribution >= 4 is 11.6 Å². The molecular formula is C13H12F3NO2. The molecule has 1 unspecified atom stereocenters. The van der Waals surface area contributed by atoms with E-state index in [1.54, 1.807) is 6.92 Å². The Labute approximate surface area is 108 Å². The first kappa shape index (κ1) is 13.5. The highest BCUT2D eigenvalue weighted by Gasteiger charge is 2.34. The van der Waals surface area contributed by atoms with Gasteiger partial charge in [0.25, 0.3) is 5.91 Å². The lowest BCUT2D eigenvalue weighted by atomic mass is 10.1. The maximum atomic E-state index is 12.6. The van der Waals surface area contributed by atoms with Gasteiger partial charge in [-0.3, -0.25) is 4.79 Å². The van der Waals surface area contributed by atoms with Gasteiger partial charge in [-0.1, -0.05) is 6.58 Å². The fourth-order valence-corrected chi connectivity index (χ4v) is 1.94. The summed E-state index contributed by atoms with van der Waals surface area (Å²) in [7, 11) is 0. The summed E-state index contributed by atoms with van der Waals surface area (Å²) >= 11 is 0. The molecule has 3 nitrogen and oxygen atoms in total. The lowest BCUT2D eigenvalue weighted by Gasteiger charge is -2.33. The zero-order chi connectivity index (χ0) is 14.2. The smallest absolute Gasteiger partial charge is 0.416 e. The minimum atomic E-state index is -4.44. The molecule has 1 amide bonds. The molecule has 0 fully saturated rings. The van der Waals surface area contributed by atoms with Crippen LogP contribution in [0.5, 0.6) is 5.75 Å². The fourth-order valence-electron chi connectivity index (χ4n) is 1.94. The molecule has 0 spiro atoms. The molecule has 1 aromatic carbocycles. The molecule has 1 heterocycles. The monoisotopic (exact) mass is 271 g/mol. The van der Waals surface area contributed by atoms with Gasteiger partial charge in [0, 0.05) is 0 Å². The first-order valence-electron chi connectivity index (χ1n) is 5.64. The van der Waals surface area contributed by atoms with Crippen molar-refractivity contribution in [1.29, 1.82) is 0 Å². The second-order valence-corrected chi connectivity index (χ2v) is 4.26. The topological polar surface area (TPSA) is 29.5 Å². The lowest BCUT2D eigenvalue weighted by Crippen LogP contribution is -2.41. The molecular weight excluding hydrogens is 259 g/mol. The molecule has 0 saturated heterocycles. The third-order valence-electron chi connectivity index (χ3n) is 2.79. The fraction of sp³-hybridized carbons (Fsp3) is 0.308. The Balaban J connectivity index is 2.47. The van der Waals surface area contributed by atoms with Crippen molar-refractivity contribution < 1.29 is 22.7 Å². The normalized spacial score (nSPS) is 18.5. The van der Waals surface area contributed by atoms with E-state index in [0.29, 0.717) is 5.69 Å². The number of amides is 1. The number of hydrogen-bond acceptors (Lipinski definition) is 2. The van der Waals surface area contributed by atoms with Crippen LogP contribution in [0.15, 0.2) is 30.9 Å². The van der Waals surface area contributed by atoms with Crippen LogP contribution in [0.25, 0.3) is 0 Å². The summed E-state index contributed by atoms with van der Waals surface area (Å²) in [6.07, 6.45) is -3.69. The zero-order valence-corrected chi connectivity index (χ0v) is 10.2. The summed E-state index contributed by atoms with van der Waals surface area (Å²) in [6.45, 7) is 5.35. The van der Waals surface area contributed by atoms with Crippen LogP contribution >= 0.6 is 0 Å². The predicted octanol–water partition coefficient (Wildman–Crippen LogP) is 3.01. The van der Waals surface area contributed by atoms with Crippen molar-refractivity contribution in [2.45, 2.75) is 19.2 Å². The molecule has 0 bridgehead atoms. The highest BCUT2D eigenvalue weighted by molar-refractivity contribution is 6.02. The molecule has 6 heteroatoms. The minimum absolute atomic E-state index is 0.0591. The highest BCUT2D eigenvalue weighted by atomic mass is 19.4. The Hall–Kier alpha value is -1.98. The summed E-state index contributed by atoms with van der Waals surface area (Å²) in [5.41, 5.74) is -0.470. The number of carbonyl (C=O) groups excluding carboxylic acids is 1. The number of halogens is 3. The Morgan fingerprint density at radius 3 is 2.79 bits per heavy atom. The van der Waals surface area contributed by atoms with E-state index in [-0.39, 0.29) is 24.3 Å². The Morgan fingerprint density at radius 2 is 2.21 bits per heavy atom. The van der Waals surface area contributed by atoms with Gasteiger partial charge in [-0.15, -0.1) is 0 Å². The van der Waals surface area contributed by atoms with Crippen molar-refractivity contribution in [2.24, 2.45) is 0 Å². The van der Waals surface area contributed by atoms with Gasteiger partial charge < -0.3 is 9.64 Å². The third kappa shape index (κ3) is 2.57. The van der Waals surface area contributed by atoms with Crippen LogP contribution in [0.1, 0.15) is 12.5 Å². The average molecular weight is 271 g/mol. The maximum Gasteiger partial charge on any atom is 0.416 e. The van der Waals surface area contributed by atoms with E-state index in [0.717, 1.165) is 18.2 Å². The summed E-state index contributed by atoms with van der Waals surface area (Å²) in [5.74, 6) is -0.306. The van der Waals surface area contributed by atoms with Crippen molar-refractivity contribution in [2.75, 3.05) is 11.4 Å². The second-order valence-electron chi connectivity index (χ2n) is 4.26. The summed E-state index contributed by atoms with van der Waals surface area (Å²) in [6, 6.07) is 3.08. The minimum Gasteiger partial charge on any atom is -0.487 e. The highest BCUT2D eigenvalue weighted by Crippen LogP contribution is 2.39. The van der Waals surface area contributed by atoms with E-state index in [4.69, 9.17) is 4.74 Å². The lowest BCUT2D eigenvalue weighted by molar-refractivity contribution is -0.137. The standard InChI is InChI=1S/C13H12F3NO2/c1-3-12(18)17-7-8(2)19-11-6-9(13(14,15)16)4-5-10(11)17/h3-6,8H,1,7H2,2H3. The predicted molar refractivity (Wildman–Crippen MR) is 64.1 cm³/mol. The number of ether oxygens (including phenoxy) is 1. The van der Waals surface area contributed by atoms with Gasteiger partial charge >= 0.3 is 6.18 Å². The SMILES string of the molecule is C=CC(=O)N1CC(C)Oc2cc(C(F)(F)F)ccc21. The molecule has 1 aromatic rings. The molecule has 2 rings (SSSR count). The molecule has 1 aliphatic rings. The molecule has 0 aromatic heterocycles. The maximum absolute atomic E-state index is 12.6. The molecule has 19 heavy (non-hydrogen) atoms. The van der Waals surface area contributed by atoms with E-state index < -0.39 is 11.7 Å². The molecule has 0 radical (unpaired) electrons. The number of rotatable bonds is 1. The largest absolute Gasteiger partial charge is 0.487 e. The van der Waals surface area contributed by atoms with Crippen LogP contribution in [0.4, 0.5) is 18.9 Å². The summed E-state index contributed by atoms with van der Waals surface area (Å²) in [5, 5.41) is 0. The van der Waals surface area contributed by atoms with Gasteiger partial charge in [-0.25, -0.2) is 0 Å². The molecule has 1 aliphatic heterocycles. The van der Waals surface area contributed by atoms with Crippen LogP contribution in [0.3, 0.4) is 0 Å². The number of fused-ring (bicyclic) bond motifs is 1. The zero-order valence-electron chi connectivity index (χ0n) is 10.2. The van der Waals surface area contributed by atoms with Crippen molar-refractivity contribution in [3.63, 3.8) is 0 Å². The van der Waals surface area contributed by atoms with E-state index in [1.165, 1.54) is 11.0 Å².